The van der Waals surface area contributed by atoms with E-state index in [0.29, 0.717) is 37.4 Å². The lowest BCUT2D eigenvalue weighted by molar-refractivity contribution is -0.137. The van der Waals surface area contributed by atoms with Crippen molar-refractivity contribution in [3.05, 3.63) is 101 Å². The molecule has 1 saturated carbocycles. The molecule has 0 bridgehead atoms. The number of nitrogens with two attached hydrogens (primary N) is 1. The van der Waals surface area contributed by atoms with Crippen molar-refractivity contribution in [2.24, 2.45) is 11.7 Å². The SMILES string of the molecule is Cc1ccc([C@H](Cc2ccccc2)c2cc(F)cc(C(F)(F)F)c2)nc1.NC(=O)C1CCC(=O)C1. The molecule has 4 nitrogen and oxygen atoms in total. The number of rotatable bonds is 5. The quantitative estimate of drug-likeness (QED) is 0.466. The number of hydrogen-bond donors (Lipinski definition) is 1. The Bertz CT molecular complexity index is 1160. The van der Waals surface area contributed by atoms with Gasteiger partial charge in [0.2, 0.25) is 5.91 Å². The Kier molecular flexibility index (Phi) is 8.38. The Morgan fingerprint density at radius 3 is 2.34 bits per heavy atom. The van der Waals surface area contributed by atoms with Gasteiger partial charge >= 0.3 is 6.18 Å². The molecule has 0 saturated heterocycles. The zero-order chi connectivity index (χ0) is 25.6. The number of carbonyl (C=O) groups excluding carboxylic acids is 2. The third kappa shape index (κ3) is 7.47. The van der Waals surface area contributed by atoms with Crippen molar-refractivity contribution in [2.75, 3.05) is 0 Å². The van der Waals surface area contributed by atoms with Gasteiger partial charge in [0.25, 0.3) is 0 Å². The van der Waals surface area contributed by atoms with Crippen molar-refractivity contribution in [1.82, 2.24) is 4.98 Å². The maximum atomic E-state index is 13.9. The molecule has 1 aromatic heterocycles. The Morgan fingerprint density at radius 1 is 1.11 bits per heavy atom. The molecule has 2 atom stereocenters. The van der Waals surface area contributed by atoms with E-state index in [2.05, 4.69) is 4.98 Å². The molecule has 8 heteroatoms. The van der Waals surface area contributed by atoms with Crippen molar-refractivity contribution in [1.29, 1.82) is 0 Å². The third-order valence-electron chi connectivity index (χ3n) is 5.87. The lowest BCUT2D eigenvalue weighted by atomic mass is 9.87. The lowest BCUT2D eigenvalue weighted by Gasteiger charge is -2.19. The number of ketones is 1. The molecule has 1 fully saturated rings. The molecule has 2 N–H and O–H groups in total. The van der Waals surface area contributed by atoms with Crippen LogP contribution in [0.5, 0.6) is 0 Å². The Morgan fingerprint density at radius 2 is 1.83 bits per heavy atom. The largest absolute Gasteiger partial charge is 0.416 e. The second kappa shape index (κ2) is 11.3. The fourth-order valence-corrected chi connectivity index (χ4v) is 3.96. The van der Waals surface area contributed by atoms with Gasteiger partial charge in [-0.2, -0.15) is 13.2 Å². The number of nitrogens with zero attached hydrogens (tertiary/aromatic N) is 1. The minimum absolute atomic E-state index is 0.166. The van der Waals surface area contributed by atoms with Crippen LogP contribution in [0.4, 0.5) is 17.6 Å². The molecule has 2 aromatic carbocycles. The Balaban J connectivity index is 0.000000320. The third-order valence-corrected chi connectivity index (χ3v) is 5.87. The summed E-state index contributed by atoms with van der Waals surface area (Å²) < 4.78 is 53.3. The molecule has 1 unspecified atom stereocenters. The number of amides is 1. The summed E-state index contributed by atoms with van der Waals surface area (Å²) in [5, 5.41) is 0. The van der Waals surface area contributed by atoms with Gasteiger partial charge in [-0.3, -0.25) is 14.6 Å². The number of hydrogen-bond acceptors (Lipinski definition) is 3. The summed E-state index contributed by atoms with van der Waals surface area (Å²) in [4.78, 5) is 25.3. The van der Waals surface area contributed by atoms with Crippen molar-refractivity contribution in [2.45, 2.75) is 44.7 Å². The van der Waals surface area contributed by atoms with E-state index in [9.17, 15) is 27.2 Å². The molecular formula is C27H26F4N2O2. The summed E-state index contributed by atoms with van der Waals surface area (Å²) in [6, 6.07) is 15.7. The molecule has 0 aliphatic heterocycles. The van der Waals surface area contributed by atoms with Crippen molar-refractivity contribution in [3.63, 3.8) is 0 Å². The number of halogens is 4. The van der Waals surface area contributed by atoms with Gasteiger partial charge in [0.1, 0.15) is 11.6 Å². The summed E-state index contributed by atoms with van der Waals surface area (Å²) in [6.45, 7) is 1.88. The van der Waals surface area contributed by atoms with Crippen LogP contribution >= 0.6 is 0 Å². The first-order valence-corrected chi connectivity index (χ1v) is 11.2. The number of pyridine rings is 1. The predicted octanol–water partition coefficient (Wildman–Crippen LogP) is 5.76. The topological polar surface area (TPSA) is 73.0 Å². The van der Waals surface area contributed by atoms with Gasteiger partial charge in [0.05, 0.1) is 5.56 Å². The van der Waals surface area contributed by atoms with E-state index in [4.69, 9.17) is 5.73 Å². The summed E-state index contributed by atoms with van der Waals surface area (Å²) in [6.07, 6.45) is -0.944. The van der Waals surface area contributed by atoms with Gasteiger partial charge < -0.3 is 5.73 Å². The van der Waals surface area contributed by atoms with E-state index in [1.54, 1.807) is 12.3 Å². The number of alkyl halides is 3. The van der Waals surface area contributed by atoms with Crippen LogP contribution in [-0.4, -0.2) is 16.7 Å². The van der Waals surface area contributed by atoms with Gasteiger partial charge in [0, 0.05) is 36.6 Å². The first-order valence-electron chi connectivity index (χ1n) is 11.2. The number of carbonyl (C=O) groups is 2. The molecular weight excluding hydrogens is 460 g/mol. The standard InChI is InChI=1S/C21H17F4N.C6H9NO2/c1-14-7-8-20(26-13-14)19(9-15-5-3-2-4-6-15)16-10-17(21(23,24)25)12-18(22)11-16;7-6(9)4-1-2-5(8)3-4/h2-8,10-13,19H,9H2,1H3;4H,1-3H2,(H2,7,9)/t19-;/m1./s1. The van der Waals surface area contributed by atoms with Crippen LogP contribution in [0, 0.1) is 18.7 Å². The normalized spacial score (nSPS) is 16.4. The molecule has 0 spiro atoms. The average Bonchev–Trinajstić information content (AvgIpc) is 3.25. The first-order chi connectivity index (χ1) is 16.5. The first kappa shape index (κ1) is 26.1. The Labute approximate surface area is 201 Å². The zero-order valence-corrected chi connectivity index (χ0v) is 19.2. The Hall–Kier alpha value is -3.55. The van der Waals surface area contributed by atoms with E-state index in [1.807, 2.05) is 43.3 Å². The van der Waals surface area contributed by atoms with Crippen molar-refractivity contribution in [3.8, 4) is 0 Å². The van der Waals surface area contributed by atoms with Crippen LogP contribution in [0.25, 0.3) is 0 Å². The van der Waals surface area contributed by atoms with Crippen LogP contribution in [0.2, 0.25) is 0 Å². The van der Waals surface area contributed by atoms with Crippen LogP contribution in [0.3, 0.4) is 0 Å². The molecule has 1 aliphatic rings. The van der Waals surface area contributed by atoms with E-state index in [-0.39, 0.29) is 23.2 Å². The molecule has 184 valence electrons. The maximum Gasteiger partial charge on any atom is 0.416 e. The fourth-order valence-electron chi connectivity index (χ4n) is 3.96. The molecule has 0 radical (unpaired) electrons. The lowest BCUT2D eigenvalue weighted by Crippen LogP contribution is -2.20. The number of benzene rings is 2. The fraction of sp³-hybridized carbons (Fsp3) is 0.296. The minimum atomic E-state index is -4.60. The van der Waals surface area contributed by atoms with Crippen molar-refractivity contribution < 1.29 is 27.2 Å². The summed E-state index contributed by atoms with van der Waals surface area (Å²) in [7, 11) is 0. The van der Waals surface area contributed by atoms with E-state index < -0.39 is 23.5 Å². The molecule has 4 rings (SSSR count). The highest BCUT2D eigenvalue weighted by Crippen LogP contribution is 2.35. The van der Waals surface area contributed by atoms with E-state index >= 15 is 0 Å². The summed E-state index contributed by atoms with van der Waals surface area (Å²) in [5.41, 5.74) is 6.74. The van der Waals surface area contributed by atoms with Crippen LogP contribution in [0.1, 0.15) is 53.1 Å². The zero-order valence-electron chi connectivity index (χ0n) is 19.2. The monoisotopic (exact) mass is 486 g/mol. The van der Waals surface area contributed by atoms with E-state index in [0.717, 1.165) is 23.3 Å². The van der Waals surface area contributed by atoms with E-state index in [1.165, 1.54) is 0 Å². The average molecular weight is 487 g/mol. The van der Waals surface area contributed by atoms with Gasteiger partial charge in [-0.05, 0) is 60.7 Å². The predicted molar refractivity (Wildman–Crippen MR) is 124 cm³/mol. The van der Waals surface area contributed by atoms with Crippen molar-refractivity contribution >= 4 is 11.7 Å². The smallest absolute Gasteiger partial charge is 0.369 e. The van der Waals surface area contributed by atoms with Gasteiger partial charge in [-0.15, -0.1) is 0 Å². The number of aryl methyl sites for hydroxylation is 1. The van der Waals surface area contributed by atoms with Gasteiger partial charge in [-0.1, -0.05) is 36.4 Å². The molecule has 1 aliphatic carbocycles. The molecule has 1 heterocycles. The van der Waals surface area contributed by atoms with Crippen LogP contribution < -0.4 is 5.73 Å². The van der Waals surface area contributed by atoms with Gasteiger partial charge in [-0.25, -0.2) is 4.39 Å². The maximum absolute atomic E-state index is 13.9. The highest BCUT2D eigenvalue weighted by atomic mass is 19.4. The minimum Gasteiger partial charge on any atom is -0.369 e. The molecule has 35 heavy (non-hydrogen) atoms. The second-order valence-electron chi connectivity index (χ2n) is 8.65. The molecule has 3 aromatic rings. The highest BCUT2D eigenvalue weighted by Gasteiger charge is 2.32. The van der Waals surface area contributed by atoms with Crippen LogP contribution in [0.15, 0.2) is 66.9 Å². The number of Topliss-reactive ketones (excluding diaryl/α,β-unsaturated/α-hetero) is 1. The van der Waals surface area contributed by atoms with Crippen LogP contribution in [-0.2, 0) is 22.2 Å². The molecule has 1 amide bonds. The summed E-state index contributed by atoms with van der Waals surface area (Å²) in [5.74, 6) is -1.72. The number of aromatic nitrogens is 1. The number of primary amides is 1. The second-order valence-corrected chi connectivity index (χ2v) is 8.65. The summed E-state index contributed by atoms with van der Waals surface area (Å²) >= 11 is 0. The highest BCUT2D eigenvalue weighted by molar-refractivity contribution is 5.89. The van der Waals surface area contributed by atoms with Gasteiger partial charge in [0.15, 0.2) is 0 Å².